The summed E-state index contributed by atoms with van der Waals surface area (Å²) < 4.78 is 0. The predicted octanol–water partition coefficient (Wildman–Crippen LogP) is 0.903. The van der Waals surface area contributed by atoms with E-state index in [1.807, 2.05) is 17.2 Å². The van der Waals surface area contributed by atoms with Crippen LogP contribution in [0.3, 0.4) is 0 Å². The minimum absolute atomic E-state index is 0.0568. The Morgan fingerprint density at radius 3 is 2.62 bits per heavy atom. The van der Waals surface area contributed by atoms with Crippen molar-refractivity contribution in [2.24, 2.45) is 11.7 Å². The molecule has 0 aromatic carbocycles. The fourth-order valence-corrected chi connectivity index (χ4v) is 3.50. The molecule has 7 heteroatoms. The third-order valence-corrected chi connectivity index (χ3v) is 4.97. The van der Waals surface area contributed by atoms with Crippen molar-refractivity contribution < 1.29 is 9.59 Å². The van der Waals surface area contributed by atoms with Crippen LogP contribution in [0.2, 0.25) is 0 Å². The largest absolute Gasteiger partial charge is 0.369 e. The van der Waals surface area contributed by atoms with Crippen LogP contribution in [-0.4, -0.2) is 52.4 Å². The zero-order valence-corrected chi connectivity index (χ0v) is 14.3. The van der Waals surface area contributed by atoms with E-state index in [1.165, 1.54) is 0 Å². The van der Waals surface area contributed by atoms with E-state index in [0.29, 0.717) is 12.5 Å². The molecule has 2 aliphatic heterocycles. The molecule has 130 valence electrons. The van der Waals surface area contributed by atoms with Crippen LogP contribution < -0.4 is 10.6 Å². The first kappa shape index (κ1) is 16.7. The van der Waals surface area contributed by atoms with Gasteiger partial charge in [-0.3, -0.25) is 9.59 Å². The summed E-state index contributed by atoms with van der Waals surface area (Å²) >= 11 is 0. The minimum Gasteiger partial charge on any atom is -0.369 e. The van der Waals surface area contributed by atoms with E-state index in [4.69, 9.17) is 5.73 Å². The van der Waals surface area contributed by atoms with Crippen molar-refractivity contribution in [1.29, 1.82) is 0 Å². The molecule has 0 aliphatic carbocycles. The molecule has 3 heterocycles. The van der Waals surface area contributed by atoms with Crippen LogP contribution >= 0.6 is 0 Å². The molecule has 2 N–H and O–H groups in total. The second-order valence-corrected chi connectivity index (χ2v) is 7.00. The van der Waals surface area contributed by atoms with Gasteiger partial charge in [-0.05, 0) is 18.9 Å². The number of rotatable bonds is 4. The van der Waals surface area contributed by atoms with Gasteiger partial charge in [0.15, 0.2) is 0 Å². The van der Waals surface area contributed by atoms with Gasteiger partial charge in [-0.1, -0.05) is 13.8 Å². The minimum atomic E-state index is -0.370. The highest BCUT2D eigenvalue weighted by atomic mass is 16.2. The lowest BCUT2D eigenvalue weighted by molar-refractivity contribution is -0.130. The zero-order valence-electron chi connectivity index (χ0n) is 14.3. The maximum Gasteiger partial charge on any atom is 0.223 e. The Morgan fingerprint density at radius 2 is 2.04 bits per heavy atom. The monoisotopic (exact) mass is 331 g/mol. The van der Waals surface area contributed by atoms with Gasteiger partial charge < -0.3 is 15.5 Å². The number of anilines is 1. The SMILES string of the molecule is CC(C)c1nccc(N2CCC(N3CC(C(N)=O)CC3=O)CC2)n1. The molecule has 24 heavy (non-hydrogen) atoms. The van der Waals surface area contributed by atoms with E-state index in [-0.39, 0.29) is 30.2 Å². The fraction of sp³-hybridized carbons (Fsp3) is 0.647. The predicted molar refractivity (Wildman–Crippen MR) is 90.4 cm³/mol. The maximum atomic E-state index is 12.1. The lowest BCUT2D eigenvalue weighted by atomic mass is 10.0. The van der Waals surface area contributed by atoms with Gasteiger partial charge in [0, 0.05) is 44.2 Å². The van der Waals surface area contributed by atoms with Crippen molar-refractivity contribution in [3.8, 4) is 0 Å². The first-order chi connectivity index (χ1) is 11.5. The summed E-state index contributed by atoms with van der Waals surface area (Å²) in [5, 5.41) is 0. The summed E-state index contributed by atoms with van der Waals surface area (Å²) in [6.07, 6.45) is 3.85. The Kier molecular flexibility index (Phi) is 4.69. The molecular formula is C17H25N5O2. The molecule has 1 aromatic heterocycles. The smallest absolute Gasteiger partial charge is 0.223 e. The highest BCUT2D eigenvalue weighted by molar-refractivity contribution is 5.88. The van der Waals surface area contributed by atoms with Gasteiger partial charge >= 0.3 is 0 Å². The Bertz CT molecular complexity index is 625. The van der Waals surface area contributed by atoms with Crippen molar-refractivity contribution in [2.75, 3.05) is 24.5 Å². The number of nitrogens with zero attached hydrogens (tertiary/aromatic N) is 4. The molecule has 1 aromatic rings. The van der Waals surface area contributed by atoms with Crippen molar-refractivity contribution in [3.05, 3.63) is 18.1 Å². The van der Waals surface area contributed by atoms with Crippen LogP contribution in [-0.2, 0) is 9.59 Å². The van der Waals surface area contributed by atoms with Gasteiger partial charge in [-0.25, -0.2) is 9.97 Å². The standard InChI is InChI=1S/C17H25N5O2/c1-11(2)17-19-6-3-14(20-17)21-7-4-13(5-8-21)22-10-12(16(18)24)9-15(22)23/h3,6,11-13H,4-5,7-10H2,1-2H3,(H2,18,24). The molecule has 0 bridgehead atoms. The molecule has 2 amide bonds. The number of primary amides is 1. The molecule has 2 aliphatic rings. The highest BCUT2D eigenvalue weighted by Crippen LogP contribution is 2.27. The molecule has 1 unspecified atom stereocenters. The number of nitrogens with two attached hydrogens (primary N) is 1. The van der Waals surface area contributed by atoms with E-state index in [9.17, 15) is 9.59 Å². The summed E-state index contributed by atoms with van der Waals surface area (Å²) in [7, 11) is 0. The summed E-state index contributed by atoms with van der Waals surface area (Å²) in [5.74, 6) is 1.47. The first-order valence-corrected chi connectivity index (χ1v) is 8.62. The van der Waals surface area contributed by atoms with Crippen LogP contribution in [0.5, 0.6) is 0 Å². The van der Waals surface area contributed by atoms with Crippen LogP contribution in [0.1, 0.15) is 44.9 Å². The number of carbonyl (C=O) groups excluding carboxylic acids is 2. The van der Waals surface area contributed by atoms with Gasteiger partial charge in [0.05, 0.1) is 5.92 Å². The van der Waals surface area contributed by atoms with Crippen molar-refractivity contribution in [2.45, 2.75) is 45.1 Å². The number of hydrogen-bond acceptors (Lipinski definition) is 5. The van der Waals surface area contributed by atoms with Crippen molar-refractivity contribution in [1.82, 2.24) is 14.9 Å². The van der Waals surface area contributed by atoms with Crippen LogP contribution in [0.25, 0.3) is 0 Å². The van der Waals surface area contributed by atoms with Gasteiger partial charge in [0.25, 0.3) is 0 Å². The Balaban J connectivity index is 1.61. The van der Waals surface area contributed by atoms with Crippen molar-refractivity contribution in [3.63, 3.8) is 0 Å². The van der Waals surface area contributed by atoms with Crippen LogP contribution in [0.4, 0.5) is 5.82 Å². The molecular weight excluding hydrogens is 306 g/mol. The topological polar surface area (TPSA) is 92.4 Å². The lowest BCUT2D eigenvalue weighted by Crippen LogP contribution is -2.46. The summed E-state index contributed by atoms with van der Waals surface area (Å²) in [5.41, 5.74) is 5.35. The number of amides is 2. The summed E-state index contributed by atoms with van der Waals surface area (Å²) in [4.78, 5) is 36.5. The normalized spacial score (nSPS) is 22.5. The van der Waals surface area contributed by atoms with E-state index in [1.54, 1.807) is 0 Å². The van der Waals surface area contributed by atoms with Gasteiger partial charge in [0.2, 0.25) is 11.8 Å². The second-order valence-electron chi connectivity index (χ2n) is 7.00. The second kappa shape index (κ2) is 6.75. The van der Waals surface area contributed by atoms with E-state index >= 15 is 0 Å². The summed E-state index contributed by atoms with van der Waals surface area (Å²) in [6, 6.07) is 2.14. The fourth-order valence-electron chi connectivity index (χ4n) is 3.50. The van der Waals surface area contributed by atoms with Gasteiger partial charge in [-0.2, -0.15) is 0 Å². The molecule has 2 fully saturated rings. The molecule has 3 rings (SSSR count). The molecule has 0 spiro atoms. The number of aromatic nitrogens is 2. The molecule has 0 saturated carbocycles. The summed E-state index contributed by atoms with van der Waals surface area (Å²) in [6.45, 7) is 6.34. The third kappa shape index (κ3) is 3.34. The molecule has 1 atom stereocenters. The zero-order chi connectivity index (χ0) is 17.3. The maximum absolute atomic E-state index is 12.1. The third-order valence-electron chi connectivity index (χ3n) is 4.97. The van der Waals surface area contributed by atoms with Gasteiger partial charge in [0.1, 0.15) is 11.6 Å². The van der Waals surface area contributed by atoms with E-state index in [2.05, 4.69) is 28.7 Å². The van der Waals surface area contributed by atoms with Gasteiger partial charge in [-0.15, -0.1) is 0 Å². The Labute approximate surface area is 142 Å². The Morgan fingerprint density at radius 1 is 1.33 bits per heavy atom. The average molecular weight is 331 g/mol. The molecule has 2 saturated heterocycles. The molecule has 7 nitrogen and oxygen atoms in total. The van der Waals surface area contributed by atoms with Crippen molar-refractivity contribution >= 4 is 17.6 Å². The van der Waals surface area contributed by atoms with Crippen LogP contribution in [0.15, 0.2) is 12.3 Å². The molecule has 0 radical (unpaired) electrons. The average Bonchev–Trinajstić information content (AvgIpc) is 2.97. The number of likely N-dealkylation sites (tertiary alicyclic amines) is 1. The van der Waals surface area contributed by atoms with E-state index in [0.717, 1.165) is 37.6 Å². The lowest BCUT2D eigenvalue weighted by Gasteiger charge is -2.37. The number of hydrogen-bond donors (Lipinski definition) is 1. The first-order valence-electron chi connectivity index (χ1n) is 8.62. The van der Waals surface area contributed by atoms with Crippen LogP contribution in [0, 0.1) is 5.92 Å². The van der Waals surface area contributed by atoms with E-state index < -0.39 is 0 Å². The number of carbonyl (C=O) groups is 2. The number of piperidine rings is 1. The Hall–Kier alpha value is -2.18. The quantitative estimate of drug-likeness (QED) is 0.885. The highest BCUT2D eigenvalue weighted by Gasteiger charge is 2.38.